The lowest BCUT2D eigenvalue weighted by molar-refractivity contribution is 0.112. The fourth-order valence-corrected chi connectivity index (χ4v) is 1.67. The van der Waals surface area contributed by atoms with Crippen molar-refractivity contribution in [3.63, 3.8) is 0 Å². The van der Waals surface area contributed by atoms with Crippen molar-refractivity contribution in [3.05, 3.63) is 0 Å². The maximum atomic E-state index is 11.1. The monoisotopic (exact) mass is 195 g/mol. The Morgan fingerprint density at radius 3 is 2.17 bits per heavy atom. The van der Waals surface area contributed by atoms with Crippen molar-refractivity contribution in [1.82, 2.24) is 4.72 Å². The van der Waals surface area contributed by atoms with Gasteiger partial charge in [-0.15, -0.1) is 0 Å². The minimum Gasteiger partial charge on any atom is -0.391 e. The standard InChI is InChI=1S/C7H17NO3S/c1-5-12(10,11)8-7(3,4)6(2)9/h6,8-9H,5H2,1-4H3. The Morgan fingerprint density at radius 2 is 1.92 bits per heavy atom. The van der Waals surface area contributed by atoms with E-state index < -0.39 is 21.7 Å². The minimum atomic E-state index is -3.23. The lowest BCUT2D eigenvalue weighted by Crippen LogP contribution is -2.51. The van der Waals surface area contributed by atoms with Crippen LogP contribution in [0.2, 0.25) is 0 Å². The molecule has 0 aliphatic carbocycles. The number of hydrogen-bond acceptors (Lipinski definition) is 3. The van der Waals surface area contributed by atoms with Crippen LogP contribution in [-0.2, 0) is 10.0 Å². The first kappa shape index (κ1) is 11.9. The normalized spacial score (nSPS) is 16.1. The van der Waals surface area contributed by atoms with Gasteiger partial charge in [0.2, 0.25) is 10.0 Å². The van der Waals surface area contributed by atoms with Gasteiger partial charge in [0, 0.05) is 0 Å². The average Bonchev–Trinajstić information content (AvgIpc) is 1.85. The van der Waals surface area contributed by atoms with Gasteiger partial charge in [-0.05, 0) is 27.7 Å². The predicted molar refractivity (Wildman–Crippen MR) is 48.4 cm³/mol. The number of aliphatic hydroxyl groups excluding tert-OH is 1. The summed E-state index contributed by atoms with van der Waals surface area (Å²) in [6.45, 7) is 6.40. The number of rotatable bonds is 4. The van der Waals surface area contributed by atoms with Crippen LogP contribution >= 0.6 is 0 Å². The van der Waals surface area contributed by atoms with Crippen molar-refractivity contribution in [2.45, 2.75) is 39.3 Å². The van der Waals surface area contributed by atoms with Crippen LogP contribution in [0, 0.1) is 0 Å². The zero-order valence-corrected chi connectivity index (χ0v) is 8.77. The van der Waals surface area contributed by atoms with E-state index in [0.717, 1.165) is 0 Å². The van der Waals surface area contributed by atoms with Gasteiger partial charge < -0.3 is 5.11 Å². The smallest absolute Gasteiger partial charge is 0.211 e. The lowest BCUT2D eigenvalue weighted by atomic mass is 10.0. The molecule has 0 aromatic rings. The topological polar surface area (TPSA) is 66.4 Å². The molecule has 2 N–H and O–H groups in total. The Balaban J connectivity index is 4.46. The van der Waals surface area contributed by atoms with Gasteiger partial charge in [-0.3, -0.25) is 0 Å². The van der Waals surface area contributed by atoms with Crippen molar-refractivity contribution < 1.29 is 13.5 Å². The summed E-state index contributed by atoms with van der Waals surface area (Å²) in [6.07, 6.45) is -0.709. The molecule has 0 spiro atoms. The minimum absolute atomic E-state index is 0.0309. The Bertz CT molecular complexity index is 231. The molecule has 0 heterocycles. The molecule has 74 valence electrons. The first-order chi connectivity index (χ1) is 5.21. The van der Waals surface area contributed by atoms with E-state index in [1.807, 2.05) is 0 Å². The third-order valence-corrected chi connectivity index (χ3v) is 3.44. The van der Waals surface area contributed by atoms with E-state index in [9.17, 15) is 13.5 Å². The maximum Gasteiger partial charge on any atom is 0.211 e. The van der Waals surface area contributed by atoms with Crippen LogP contribution in [0.25, 0.3) is 0 Å². The molecular formula is C7H17NO3S. The molecule has 0 bridgehead atoms. The van der Waals surface area contributed by atoms with Crippen LogP contribution in [-0.4, -0.2) is 30.9 Å². The molecule has 12 heavy (non-hydrogen) atoms. The number of aliphatic hydroxyl groups is 1. The molecule has 0 amide bonds. The van der Waals surface area contributed by atoms with Crippen molar-refractivity contribution in [2.24, 2.45) is 0 Å². The highest BCUT2D eigenvalue weighted by atomic mass is 32.2. The van der Waals surface area contributed by atoms with Gasteiger partial charge in [-0.2, -0.15) is 0 Å². The molecule has 0 saturated heterocycles. The summed E-state index contributed by atoms with van der Waals surface area (Å²) >= 11 is 0. The first-order valence-electron chi connectivity index (χ1n) is 3.91. The molecule has 4 nitrogen and oxygen atoms in total. The van der Waals surface area contributed by atoms with Crippen molar-refractivity contribution in [3.8, 4) is 0 Å². The van der Waals surface area contributed by atoms with Crippen molar-refractivity contribution >= 4 is 10.0 Å². The molecule has 0 fully saturated rings. The highest BCUT2D eigenvalue weighted by Crippen LogP contribution is 2.09. The average molecular weight is 195 g/mol. The Kier molecular flexibility index (Phi) is 3.68. The molecule has 5 heteroatoms. The number of nitrogens with one attached hydrogen (secondary N) is 1. The fraction of sp³-hybridized carbons (Fsp3) is 1.00. The molecular weight excluding hydrogens is 178 g/mol. The summed E-state index contributed by atoms with van der Waals surface area (Å²) in [4.78, 5) is 0. The van der Waals surface area contributed by atoms with E-state index in [-0.39, 0.29) is 5.75 Å². The molecule has 0 aromatic heterocycles. The van der Waals surface area contributed by atoms with Crippen LogP contribution in [0.5, 0.6) is 0 Å². The van der Waals surface area contributed by atoms with Crippen molar-refractivity contribution in [1.29, 1.82) is 0 Å². The summed E-state index contributed by atoms with van der Waals surface area (Å²) in [5.74, 6) is 0.0309. The van der Waals surface area contributed by atoms with E-state index in [0.29, 0.717) is 0 Å². The van der Waals surface area contributed by atoms with Crippen LogP contribution in [0.15, 0.2) is 0 Å². The van der Waals surface area contributed by atoms with Crippen molar-refractivity contribution in [2.75, 3.05) is 5.75 Å². The Hall–Kier alpha value is -0.130. The van der Waals surface area contributed by atoms with Gasteiger partial charge in [-0.25, -0.2) is 13.1 Å². The van der Waals surface area contributed by atoms with Gasteiger partial charge >= 0.3 is 0 Å². The van der Waals surface area contributed by atoms with E-state index in [4.69, 9.17) is 0 Å². The predicted octanol–water partition coefficient (Wildman–Crippen LogP) is 0.0851. The molecule has 0 aliphatic heterocycles. The molecule has 1 unspecified atom stereocenters. The zero-order chi connectivity index (χ0) is 9.99. The summed E-state index contributed by atoms with van der Waals surface area (Å²) in [7, 11) is -3.23. The second-order valence-electron chi connectivity index (χ2n) is 3.40. The summed E-state index contributed by atoms with van der Waals surface area (Å²) in [6, 6.07) is 0. The van der Waals surface area contributed by atoms with Gasteiger partial charge in [0.25, 0.3) is 0 Å². The first-order valence-corrected chi connectivity index (χ1v) is 5.56. The van der Waals surface area contributed by atoms with Crippen LogP contribution in [0.1, 0.15) is 27.7 Å². The number of sulfonamides is 1. The van der Waals surface area contributed by atoms with E-state index >= 15 is 0 Å². The van der Waals surface area contributed by atoms with E-state index in [2.05, 4.69) is 4.72 Å². The zero-order valence-electron chi connectivity index (χ0n) is 7.96. The molecule has 0 saturated carbocycles. The lowest BCUT2D eigenvalue weighted by Gasteiger charge is -2.28. The summed E-state index contributed by atoms with van der Waals surface area (Å²) in [5, 5.41) is 9.21. The quantitative estimate of drug-likeness (QED) is 0.668. The van der Waals surface area contributed by atoms with Gasteiger partial charge in [0.05, 0.1) is 17.4 Å². The second-order valence-corrected chi connectivity index (χ2v) is 5.41. The Labute approximate surface area is 74.0 Å². The Morgan fingerprint density at radius 1 is 1.50 bits per heavy atom. The largest absolute Gasteiger partial charge is 0.391 e. The third kappa shape index (κ3) is 3.51. The SMILES string of the molecule is CCS(=O)(=O)NC(C)(C)C(C)O. The highest BCUT2D eigenvalue weighted by Gasteiger charge is 2.28. The summed E-state index contributed by atoms with van der Waals surface area (Å²) < 4.78 is 24.6. The highest BCUT2D eigenvalue weighted by molar-refractivity contribution is 7.89. The van der Waals surface area contributed by atoms with Crippen LogP contribution in [0.4, 0.5) is 0 Å². The van der Waals surface area contributed by atoms with Crippen LogP contribution < -0.4 is 4.72 Å². The van der Waals surface area contributed by atoms with Crippen LogP contribution in [0.3, 0.4) is 0 Å². The maximum absolute atomic E-state index is 11.1. The molecule has 0 aromatic carbocycles. The fourth-order valence-electron chi connectivity index (χ4n) is 0.558. The third-order valence-electron chi connectivity index (χ3n) is 1.84. The van der Waals surface area contributed by atoms with E-state index in [1.54, 1.807) is 27.7 Å². The number of hydrogen-bond donors (Lipinski definition) is 2. The second kappa shape index (κ2) is 3.72. The van der Waals surface area contributed by atoms with Gasteiger partial charge in [0.15, 0.2) is 0 Å². The molecule has 0 radical (unpaired) electrons. The molecule has 0 aliphatic rings. The molecule has 1 atom stereocenters. The molecule has 0 rings (SSSR count). The van der Waals surface area contributed by atoms with Gasteiger partial charge in [-0.1, -0.05) is 0 Å². The summed E-state index contributed by atoms with van der Waals surface area (Å²) in [5.41, 5.74) is -0.797. The van der Waals surface area contributed by atoms with E-state index in [1.165, 1.54) is 0 Å². The van der Waals surface area contributed by atoms with Gasteiger partial charge in [0.1, 0.15) is 0 Å².